The Morgan fingerprint density at radius 1 is 0.860 bits per heavy atom. The van der Waals surface area contributed by atoms with Crippen LogP contribution in [-0.4, -0.2) is 73.9 Å². The number of alkyl carbamates (subject to hydrolysis) is 1. The lowest BCUT2D eigenvalue weighted by molar-refractivity contribution is -0.135. The molecule has 4 heterocycles. The van der Waals surface area contributed by atoms with Crippen molar-refractivity contribution in [1.29, 1.82) is 0 Å². The van der Waals surface area contributed by atoms with Crippen LogP contribution in [0.3, 0.4) is 0 Å². The molecule has 0 spiro atoms. The molecule has 0 radical (unpaired) electrons. The van der Waals surface area contributed by atoms with Crippen LogP contribution < -0.4 is 5.32 Å². The summed E-state index contributed by atoms with van der Waals surface area (Å²) in [4.78, 5) is 58.7. The van der Waals surface area contributed by atoms with Gasteiger partial charge in [0.25, 0.3) is 0 Å². The van der Waals surface area contributed by atoms with E-state index in [0.29, 0.717) is 18.9 Å². The number of carbonyl (C=O) groups is 3. The maximum Gasteiger partial charge on any atom is 0.407 e. The number of hydrogen-bond donors (Lipinski definition) is 3. The first-order chi connectivity index (χ1) is 24.0. The highest BCUT2D eigenvalue weighted by Crippen LogP contribution is 2.36. The summed E-state index contributed by atoms with van der Waals surface area (Å²) in [5.41, 5.74) is 6.00. The zero-order chi connectivity index (χ0) is 35.5. The lowest BCUT2D eigenvalue weighted by atomic mass is 10.0. The fourth-order valence-corrected chi connectivity index (χ4v) is 7.75. The van der Waals surface area contributed by atoms with E-state index in [0.717, 1.165) is 81.2 Å². The van der Waals surface area contributed by atoms with Gasteiger partial charge in [0.15, 0.2) is 0 Å². The molecule has 2 aromatic carbocycles. The zero-order valence-corrected chi connectivity index (χ0v) is 31.5. The largest absolute Gasteiger partial charge is 0.453 e. The van der Waals surface area contributed by atoms with Gasteiger partial charge in [-0.05, 0) is 76.8 Å². The third-order valence-electron chi connectivity index (χ3n) is 9.68. The minimum Gasteiger partial charge on any atom is -0.453 e. The predicted octanol–water partition coefficient (Wildman–Crippen LogP) is 7.49. The van der Waals surface area contributed by atoms with E-state index in [-0.39, 0.29) is 29.8 Å². The summed E-state index contributed by atoms with van der Waals surface area (Å²) in [5.74, 6) is 1.92. The summed E-state index contributed by atoms with van der Waals surface area (Å²) in [5, 5.41) is 2.70. The zero-order valence-electron chi connectivity index (χ0n) is 29.3. The van der Waals surface area contributed by atoms with Crippen LogP contribution in [0.15, 0.2) is 54.7 Å². The van der Waals surface area contributed by atoms with E-state index in [1.165, 1.54) is 7.11 Å². The topological polar surface area (TPSA) is 136 Å². The Kier molecular flexibility index (Phi) is 10.9. The highest BCUT2D eigenvalue weighted by Gasteiger charge is 2.37. The summed E-state index contributed by atoms with van der Waals surface area (Å²) in [7, 11) is 1.30. The Morgan fingerprint density at radius 3 is 2.04 bits per heavy atom. The van der Waals surface area contributed by atoms with Gasteiger partial charge in [-0.2, -0.15) is 0 Å². The molecule has 3 N–H and O–H groups in total. The summed E-state index contributed by atoms with van der Waals surface area (Å²) in [6, 6.07) is 15.9. The predicted molar refractivity (Wildman–Crippen MR) is 201 cm³/mol. The number of ether oxygens (including phenoxy) is 1. The van der Waals surface area contributed by atoms with Gasteiger partial charge >= 0.3 is 6.09 Å². The van der Waals surface area contributed by atoms with Crippen molar-refractivity contribution in [3.8, 4) is 33.6 Å². The molecule has 4 aromatic rings. The molecule has 50 heavy (non-hydrogen) atoms. The van der Waals surface area contributed by atoms with Crippen LogP contribution in [-0.2, 0) is 14.3 Å². The normalized spacial score (nSPS) is 18.2. The fourth-order valence-electron chi connectivity index (χ4n) is 7.04. The van der Waals surface area contributed by atoms with Crippen molar-refractivity contribution in [1.82, 2.24) is 35.1 Å². The molecule has 0 bridgehead atoms. The molecule has 0 unspecified atom stereocenters. The molecule has 2 aliphatic rings. The molecular weight excluding hydrogens is 745 g/mol. The number of benzene rings is 2. The Hall–Kier alpha value is -4.20. The standard InChI is InChI=1S/C38H46IN7O4/c1-22(2)20-31(47)45-18-6-9-30(45)36-42-33(34(39)44-36)27-16-12-25(13-17-27)24-10-14-26(15-11-24)28-21-40-35(41-28)29-8-7-19-46(29)37(48)32(23(3)4)43-38(49)50-5/h10-17,21-23,29-30,32H,6-9,18-20H2,1-5H3,(H,40,41)(H,42,44)(H,43,49)/t29-,30-,32-/m0/s1. The SMILES string of the molecule is COC(=O)N[C@H](C(=O)N1CCC[C@H]1c1ncc(-c2ccc(-c3ccc(-c4nc([C@@H]5CCCN5C(=O)CC(C)C)[nH]c4I)cc3)cc2)[nH]1)C(C)C. The van der Waals surface area contributed by atoms with Crippen LogP contribution in [0.4, 0.5) is 4.79 Å². The van der Waals surface area contributed by atoms with Crippen LogP contribution in [0.1, 0.15) is 83.5 Å². The number of nitrogens with one attached hydrogen (secondary N) is 3. The van der Waals surface area contributed by atoms with Gasteiger partial charge in [-0.15, -0.1) is 0 Å². The first kappa shape index (κ1) is 35.6. The molecule has 3 atom stereocenters. The quantitative estimate of drug-likeness (QED) is 0.143. The third kappa shape index (κ3) is 7.59. The van der Waals surface area contributed by atoms with Crippen molar-refractivity contribution < 1.29 is 19.1 Å². The minimum atomic E-state index is -0.672. The second-order valence-corrected chi connectivity index (χ2v) is 15.1. The van der Waals surface area contributed by atoms with Crippen LogP contribution in [0.25, 0.3) is 33.6 Å². The minimum absolute atomic E-state index is 0.000542. The molecule has 6 rings (SSSR count). The molecule has 11 nitrogen and oxygen atoms in total. The summed E-state index contributed by atoms with van der Waals surface area (Å²) >= 11 is 2.30. The molecule has 2 aromatic heterocycles. The fraction of sp³-hybridized carbons (Fsp3) is 0.447. The first-order valence-corrected chi connectivity index (χ1v) is 18.6. The number of rotatable bonds is 10. The number of amides is 3. The highest BCUT2D eigenvalue weighted by molar-refractivity contribution is 14.1. The molecule has 264 valence electrons. The average molecular weight is 792 g/mol. The van der Waals surface area contributed by atoms with Gasteiger partial charge < -0.3 is 29.8 Å². The van der Waals surface area contributed by atoms with Gasteiger partial charge in [0.05, 0.1) is 31.1 Å². The Balaban J connectivity index is 1.13. The first-order valence-electron chi connectivity index (χ1n) is 17.5. The van der Waals surface area contributed by atoms with Crippen molar-refractivity contribution >= 4 is 40.5 Å². The van der Waals surface area contributed by atoms with Gasteiger partial charge in [-0.3, -0.25) is 9.59 Å². The van der Waals surface area contributed by atoms with E-state index in [1.807, 2.05) is 29.8 Å². The Morgan fingerprint density at radius 2 is 1.44 bits per heavy atom. The Bertz CT molecular complexity index is 1820. The highest BCUT2D eigenvalue weighted by atomic mass is 127. The van der Waals surface area contributed by atoms with Gasteiger partial charge in [0, 0.05) is 25.1 Å². The molecular formula is C38H46IN7O4. The van der Waals surface area contributed by atoms with Gasteiger partial charge in [0.1, 0.15) is 27.1 Å². The van der Waals surface area contributed by atoms with Crippen molar-refractivity contribution in [2.24, 2.45) is 11.8 Å². The van der Waals surface area contributed by atoms with E-state index in [1.54, 1.807) is 0 Å². The number of hydrogen-bond acceptors (Lipinski definition) is 6. The number of methoxy groups -OCH3 is 1. The van der Waals surface area contributed by atoms with Crippen LogP contribution in [0.5, 0.6) is 0 Å². The average Bonchev–Trinajstić information content (AvgIpc) is 3.93. The lowest BCUT2D eigenvalue weighted by Gasteiger charge is -2.30. The van der Waals surface area contributed by atoms with E-state index in [9.17, 15) is 14.4 Å². The van der Waals surface area contributed by atoms with E-state index in [2.05, 4.69) is 105 Å². The summed E-state index contributed by atoms with van der Waals surface area (Å²) < 4.78 is 5.72. The monoisotopic (exact) mass is 791 g/mol. The maximum atomic E-state index is 13.5. The molecule has 3 amide bonds. The number of carbonyl (C=O) groups excluding carboxylic acids is 3. The smallest absolute Gasteiger partial charge is 0.407 e. The number of imidazole rings is 2. The summed E-state index contributed by atoms with van der Waals surface area (Å²) in [6.45, 7) is 9.38. The number of nitrogens with zero attached hydrogens (tertiary/aromatic N) is 4. The number of halogens is 1. The lowest BCUT2D eigenvalue weighted by Crippen LogP contribution is -2.51. The van der Waals surface area contributed by atoms with Gasteiger partial charge in [-0.1, -0.05) is 76.2 Å². The molecule has 2 fully saturated rings. The molecule has 12 heteroatoms. The van der Waals surface area contributed by atoms with Crippen LogP contribution in [0.2, 0.25) is 0 Å². The molecule has 0 aliphatic carbocycles. The second-order valence-electron chi connectivity index (χ2n) is 14.0. The van der Waals surface area contributed by atoms with Crippen LogP contribution in [0, 0.1) is 15.5 Å². The number of likely N-dealkylation sites (tertiary alicyclic amines) is 2. The third-order valence-corrected chi connectivity index (χ3v) is 10.5. The molecule has 0 saturated carbocycles. The Labute approximate surface area is 307 Å². The van der Waals surface area contributed by atoms with Gasteiger partial charge in [-0.25, -0.2) is 14.8 Å². The van der Waals surface area contributed by atoms with Crippen molar-refractivity contribution in [2.45, 2.75) is 77.9 Å². The van der Waals surface area contributed by atoms with E-state index in [4.69, 9.17) is 9.72 Å². The summed E-state index contributed by atoms with van der Waals surface area (Å²) in [6.07, 6.45) is 5.34. The number of aromatic nitrogens is 4. The molecule has 2 saturated heterocycles. The number of aromatic amines is 2. The van der Waals surface area contributed by atoms with Crippen molar-refractivity contribution in [2.75, 3.05) is 20.2 Å². The van der Waals surface area contributed by atoms with Gasteiger partial charge in [0.2, 0.25) is 11.8 Å². The molecule has 2 aliphatic heterocycles. The van der Waals surface area contributed by atoms with Crippen molar-refractivity contribution in [3.63, 3.8) is 0 Å². The van der Waals surface area contributed by atoms with Crippen molar-refractivity contribution in [3.05, 3.63) is 70.1 Å². The second kappa shape index (κ2) is 15.4. The number of H-pyrrole nitrogens is 2. The van der Waals surface area contributed by atoms with Crippen LogP contribution >= 0.6 is 22.6 Å². The maximum absolute atomic E-state index is 13.5. The van der Waals surface area contributed by atoms with E-state index < -0.39 is 12.1 Å². The van der Waals surface area contributed by atoms with E-state index >= 15 is 0 Å².